The number of rotatable bonds is 2. The largest absolute Gasteiger partial charge is 0.349 e. The number of piperidine rings is 1. The fourth-order valence-electron chi connectivity index (χ4n) is 2.56. The molecule has 1 aliphatic carbocycles. The molecule has 1 saturated heterocycles. The molecule has 4 nitrogen and oxygen atoms in total. The van der Waals surface area contributed by atoms with Crippen molar-refractivity contribution in [1.29, 1.82) is 5.26 Å². The minimum absolute atomic E-state index is 0. The molecule has 18 heavy (non-hydrogen) atoms. The van der Waals surface area contributed by atoms with Crippen LogP contribution in [0, 0.1) is 23.2 Å². The number of carbonyl (C=O) groups excluding carboxylic acids is 1. The number of hydrogen-bond acceptors (Lipinski definition) is 3. The van der Waals surface area contributed by atoms with E-state index in [0.29, 0.717) is 29.0 Å². The average molecular weight is 264 g/mol. The third-order valence-corrected chi connectivity index (χ3v) is 3.67. The van der Waals surface area contributed by atoms with Gasteiger partial charge in [0.2, 0.25) is 0 Å². The van der Waals surface area contributed by atoms with E-state index in [4.69, 9.17) is 5.26 Å². The molecule has 2 atom stereocenters. The Hall–Kier alpha value is -1.57. The van der Waals surface area contributed by atoms with Gasteiger partial charge in [0.15, 0.2) is 0 Å². The number of hydrogen-bond donors (Lipinski definition) is 2. The molecule has 1 aromatic carbocycles. The first kappa shape index (κ1) is 12.9. The molecule has 0 spiro atoms. The average Bonchev–Trinajstić information content (AvgIpc) is 2.80. The van der Waals surface area contributed by atoms with Gasteiger partial charge in [-0.05, 0) is 36.1 Å². The van der Waals surface area contributed by atoms with E-state index < -0.39 is 0 Å². The molecule has 1 saturated carbocycles. The molecular weight excluding hydrogens is 250 g/mol. The maximum Gasteiger partial charge on any atom is 0.251 e. The van der Waals surface area contributed by atoms with Crippen molar-refractivity contribution in [1.82, 2.24) is 10.6 Å². The molecule has 1 aromatic rings. The number of nitrogens with one attached hydrogen (secondary N) is 2. The topological polar surface area (TPSA) is 64.9 Å². The van der Waals surface area contributed by atoms with Gasteiger partial charge in [-0.15, -0.1) is 12.4 Å². The van der Waals surface area contributed by atoms with Gasteiger partial charge in [0.05, 0.1) is 11.6 Å². The minimum Gasteiger partial charge on any atom is -0.349 e. The SMILES string of the molecule is Cl.N#Cc1ccc(C(=O)NC2C3CNCC32)cc1. The Morgan fingerprint density at radius 3 is 2.44 bits per heavy atom. The van der Waals surface area contributed by atoms with Gasteiger partial charge in [-0.3, -0.25) is 4.79 Å². The summed E-state index contributed by atoms with van der Waals surface area (Å²) in [6.07, 6.45) is 0. The second-order valence-corrected chi connectivity index (χ2v) is 4.67. The molecule has 0 aromatic heterocycles. The number of nitriles is 1. The summed E-state index contributed by atoms with van der Waals surface area (Å²) < 4.78 is 0. The summed E-state index contributed by atoms with van der Waals surface area (Å²) in [6, 6.07) is 9.12. The van der Waals surface area contributed by atoms with E-state index in [1.54, 1.807) is 24.3 Å². The third kappa shape index (κ3) is 2.20. The van der Waals surface area contributed by atoms with Crippen LogP contribution < -0.4 is 10.6 Å². The van der Waals surface area contributed by atoms with Gasteiger partial charge in [0, 0.05) is 24.7 Å². The molecule has 1 aliphatic heterocycles. The van der Waals surface area contributed by atoms with Gasteiger partial charge in [0.1, 0.15) is 0 Å². The summed E-state index contributed by atoms with van der Waals surface area (Å²) in [5.41, 5.74) is 1.20. The van der Waals surface area contributed by atoms with E-state index in [2.05, 4.69) is 10.6 Å². The van der Waals surface area contributed by atoms with E-state index in [1.165, 1.54) is 0 Å². The fourth-order valence-corrected chi connectivity index (χ4v) is 2.56. The van der Waals surface area contributed by atoms with Crippen LogP contribution in [0.5, 0.6) is 0 Å². The summed E-state index contributed by atoms with van der Waals surface area (Å²) in [7, 11) is 0. The van der Waals surface area contributed by atoms with Crippen molar-refractivity contribution in [3.05, 3.63) is 35.4 Å². The smallest absolute Gasteiger partial charge is 0.251 e. The number of fused-ring (bicyclic) bond motifs is 1. The maximum atomic E-state index is 11.9. The van der Waals surface area contributed by atoms with Gasteiger partial charge in [-0.1, -0.05) is 0 Å². The van der Waals surface area contributed by atoms with Crippen LogP contribution in [0.25, 0.3) is 0 Å². The first-order valence-electron chi connectivity index (χ1n) is 5.81. The van der Waals surface area contributed by atoms with Crippen molar-refractivity contribution in [2.24, 2.45) is 11.8 Å². The van der Waals surface area contributed by atoms with E-state index >= 15 is 0 Å². The summed E-state index contributed by atoms with van der Waals surface area (Å²) in [6.45, 7) is 2.03. The zero-order valence-corrected chi connectivity index (χ0v) is 10.5. The highest BCUT2D eigenvalue weighted by Crippen LogP contribution is 2.41. The highest BCUT2D eigenvalue weighted by molar-refractivity contribution is 5.94. The Bertz CT molecular complexity index is 484. The molecule has 2 fully saturated rings. The number of halogens is 1. The zero-order chi connectivity index (χ0) is 11.8. The first-order valence-corrected chi connectivity index (χ1v) is 5.81. The Balaban J connectivity index is 0.00000120. The Morgan fingerprint density at radius 2 is 1.89 bits per heavy atom. The van der Waals surface area contributed by atoms with Crippen LogP contribution in [-0.2, 0) is 0 Å². The lowest BCUT2D eigenvalue weighted by Crippen LogP contribution is -2.32. The highest BCUT2D eigenvalue weighted by Gasteiger charge is 2.53. The van der Waals surface area contributed by atoms with Gasteiger partial charge in [-0.2, -0.15) is 5.26 Å². The monoisotopic (exact) mass is 263 g/mol. The standard InChI is InChI=1S/C13H13N3O.ClH/c14-5-8-1-3-9(4-2-8)13(17)16-12-10-6-15-7-11(10)12;/h1-4,10-12,15H,6-7H2,(H,16,17);1H. The van der Waals surface area contributed by atoms with Crippen LogP contribution in [0.2, 0.25) is 0 Å². The van der Waals surface area contributed by atoms with Crippen molar-refractivity contribution >= 4 is 18.3 Å². The van der Waals surface area contributed by atoms with Crippen LogP contribution in [0.15, 0.2) is 24.3 Å². The first-order chi connectivity index (χ1) is 8.29. The van der Waals surface area contributed by atoms with E-state index in [9.17, 15) is 4.79 Å². The van der Waals surface area contributed by atoms with E-state index in [1.807, 2.05) is 6.07 Å². The molecule has 0 radical (unpaired) electrons. The fraction of sp³-hybridized carbons (Fsp3) is 0.385. The summed E-state index contributed by atoms with van der Waals surface area (Å²) in [4.78, 5) is 11.9. The molecular formula is C13H14ClN3O. The summed E-state index contributed by atoms with van der Waals surface area (Å²) >= 11 is 0. The van der Waals surface area contributed by atoms with Gasteiger partial charge in [0.25, 0.3) is 5.91 Å². The molecule has 5 heteroatoms. The predicted octanol–water partition coefficient (Wildman–Crippen LogP) is 0.928. The summed E-state index contributed by atoms with van der Waals surface area (Å²) in [5.74, 6) is 1.21. The van der Waals surface area contributed by atoms with Crippen molar-refractivity contribution in [2.45, 2.75) is 6.04 Å². The molecule has 1 heterocycles. The van der Waals surface area contributed by atoms with Crippen molar-refractivity contribution in [3.63, 3.8) is 0 Å². The van der Waals surface area contributed by atoms with Gasteiger partial charge >= 0.3 is 0 Å². The zero-order valence-electron chi connectivity index (χ0n) is 9.72. The lowest BCUT2D eigenvalue weighted by molar-refractivity contribution is 0.0946. The van der Waals surface area contributed by atoms with Gasteiger partial charge < -0.3 is 10.6 Å². The Kier molecular flexibility index (Phi) is 3.55. The lowest BCUT2D eigenvalue weighted by Gasteiger charge is -2.07. The molecule has 3 rings (SSSR count). The number of nitrogens with zero attached hydrogens (tertiary/aromatic N) is 1. The number of benzene rings is 1. The van der Waals surface area contributed by atoms with Crippen LogP contribution in [0.3, 0.4) is 0 Å². The molecule has 1 amide bonds. The maximum absolute atomic E-state index is 11.9. The van der Waals surface area contributed by atoms with E-state index in [0.717, 1.165) is 13.1 Å². The third-order valence-electron chi connectivity index (χ3n) is 3.67. The quantitative estimate of drug-likeness (QED) is 0.834. The van der Waals surface area contributed by atoms with Gasteiger partial charge in [-0.25, -0.2) is 0 Å². The van der Waals surface area contributed by atoms with Crippen LogP contribution in [0.4, 0.5) is 0 Å². The number of carbonyl (C=O) groups is 1. The molecule has 2 unspecified atom stereocenters. The molecule has 2 N–H and O–H groups in total. The van der Waals surface area contributed by atoms with Crippen LogP contribution in [-0.4, -0.2) is 25.0 Å². The normalized spacial score (nSPS) is 27.6. The summed E-state index contributed by atoms with van der Waals surface area (Å²) in [5, 5.41) is 15.0. The van der Waals surface area contributed by atoms with Crippen molar-refractivity contribution in [2.75, 3.05) is 13.1 Å². The second kappa shape index (κ2) is 4.97. The number of amides is 1. The molecule has 0 bridgehead atoms. The minimum atomic E-state index is -0.0334. The predicted molar refractivity (Wildman–Crippen MR) is 69.5 cm³/mol. The molecule has 2 aliphatic rings. The van der Waals surface area contributed by atoms with Crippen LogP contribution in [0.1, 0.15) is 15.9 Å². The molecule has 94 valence electrons. The Morgan fingerprint density at radius 1 is 1.28 bits per heavy atom. The van der Waals surface area contributed by atoms with Crippen molar-refractivity contribution < 1.29 is 4.79 Å². The van der Waals surface area contributed by atoms with Crippen molar-refractivity contribution in [3.8, 4) is 6.07 Å². The van der Waals surface area contributed by atoms with E-state index in [-0.39, 0.29) is 18.3 Å². The highest BCUT2D eigenvalue weighted by atomic mass is 35.5. The Labute approximate surface area is 112 Å². The second-order valence-electron chi connectivity index (χ2n) is 4.67. The lowest BCUT2D eigenvalue weighted by atomic mass is 10.1. The van der Waals surface area contributed by atoms with Crippen LogP contribution >= 0.6 is 12.4 Å².